The van der Waals surface area contributed by atoms with Crippen molar-refractivity contribution in [2.45, 2.75) is 18.8 Å². The summed E-state index contributed by atoms with van der Waals surface area (Å²) in [4.78, 5) is 10.8. The second-order valence-corrected chi connectivity index (χ2v) is 8.10. The van der Waals surface area contributed by atoms with Crippen molar-refractivity contribution in [1.29, 1.82) is 0 Å². The van der Waals surface area contributed by atoms with Crippen LogP contribution in [-0.2, 0) is 10.0 Å². The molecule has 0 unspecified atom stereocenters. The summed E-state index contributed by atoms with van der Waals surface area (Å²) in [6.45, 7) is 0. The number of non-ortho nitro benzene ring substituents is 1. The van der Waals surface area contributed by atoms with E-state index < -0.39 is 14.9 Å². The third-order valence-corrected chi connectivity index (χ3v) is 4.67. The van der Waals surface area contributed by atoms with Crippen LogP contribution >= 0.6 is 0 Å². The second kappa shape index (κ2) is 7.29. The summed E-state index contributed by atoms with van der Waals surface area (Å²) < 4.78 is 30.3. The van der Waals surface area contributed by atoms with Crippen molar-refractivity contribution in [1.82, 2.24) is 0 Å². The van der Waals surface area contributed by atoms with Gasteiger partial charge in [0.1, 0.15) is 5.75 Å². The number of methoxy groups -OCH3 is 1. The molecule has 0 atom stereocenters. The lowest BCUT2D eigenvalue weighted by atomic mass is 10.0. The van der Waals surface area contributed by atoms with Crippen LogP contribution in [-0.4, -0.2) is 26.7 Å². The van der Waals surface area contributed by atoms with E-state index in [0.29, 0.717) is 22.6 Å². The maximum absolute atomic E-state index is 11.2. The van der Waals surface area contributed by atoms with Gasteiger partial charge >= 0.3 is 0 Å². The van der Waals surface area contributed by atoms with Gasteiger partial charge in [-0.2, -0.15) is 0 Å². The minimum Gasteiger partial charge on any atom is -0.495 e. The Bertz CT molecular complexity index is 1050. The molecule has 8 heteroatoms. The van der Waals surface area contributed by atoms with E-state index in [9.17, 15) is 18.5 Å². The van der Waals surface area contributed by atoms with E-state index in [1.165, 1.54) is 13.2 Å². The molecule has 0 amide bonds. The van der Waals surface area contributed by atoms with Crippen molar-refractivity contribution in [3.05, 3.63) is 63.2 Å². The molecule has 1 fully saturated rings. The monoisotopic (exact) mass is 386 g/mol. The zero-order chi connectivity index (χ0) is 19.6. The molecule has 0 bridgehead atoms. The molecule has 1 aliphatic carbocycles. The van der Waals surface area contributed by atoms with Crippen molar-refractivity contribution >= 4 is 21.4 Å². The van der Waals surface area contributed by atoms with Gasteiger partial charge in [-0.3, -0.25) is 14.8 Å². The highest BCUT2D eigenvalue weighted by Gasteiger charge is 2.30. The third kappa shape index (κ3) is 4.77. The topological polar surface area (TPSA) is 98.5 Å². The van der Waals surface area contributed by atoms with E-state index >= 15 is 0 Å². The van der Waals surface area contributed by atoms with Crippen LogP contribution in [0.3, 0.4) is 0 Å². The van der Waals surface area contributed by atoms with Crippen LogP contribution in [0.1, 0.15) is 35.4 Å². The predicted molar refractivity (Wildman–Crippen MR) is 103 cm³/mol. The molecule has 0 saturated heterocycles. The summed E-state index contributed by atoms with van der Waals surface area (Å²) in [7, 11) is -1.81. The lowest BCUT2D eigenvalue weighted by Gasteiger charge is -2.10. The van der Waals surface area contributed by atoms with Gasteiger partial charge in [0.25, 0.3) is 5.69 Å². The van der Waals surface area contributed by atoms with E-state index in [1.54, 1.807) is 30.3 Å². The standard InChI is InChI=1S/C19H18N2O5S/c1-26-19-15(11-17(21(22)23)12-18(19)14-7-8-14)6-3-13-4-9-16(10-5-13)20-27(2,24)25/h4-5,9-12,14,20H,7-8H2,1-2H3. The molecule has 0 radical (unpaired) electrons. The van der Waals surface area contributed by atoms with E-state index in [4.69, 9.17) is 4.74 Å². The first kappa shape index (κ1) is 18.7. The summed E-state index contributed by atoms with van der Waals surface area (Å²) in [5.41, 5.74) is 2.37. The minimum absolute atomic E-state index is 0.00491. The quantitative estimate of drug-likeness (QED) is 0.483. The van der Waals surface area contributed by atoms with Crippen molar-refractivity contribution in [2.24, 2.45) is 0 Å². The number of nitro groups is 1. The molecule has 2 aromatic rings. The highest BCUT2D eigenvalue weighted by atomic mass is 32.2. The zero-order valence-electron chi connectivity index (χ0n) is 14.9. The highest BCUT2D eigenvalue weighted by molar-refractivity contribution is 7.92. The molecule has 2 aromatic carbocycles. The van der Waals surface area contributed by atoms with Gasteiger partial charge in [-0.15, -0.1) is 0 Å². The molecule has 0 aromatic heterocycles. The highest BCUT2D eigenvalue weighted by Crippen LogP contribution is 2.46. The van der Waals surface area contributed by atoms with Crippen LogP contribution in [0.2, 0.25) is 0 Å². The predicted octanol–water partition coefficient (Wildman–Crippen LogP) is 3.25. The lowest BCUT2D eigenvalue weighted by Crippen LogP contribution is -2.09. The number of nitro benzene ring substituents is 1. The van der Waals surface area contributed by atoms with Crippen LogP contribution < -0.4 is 9.46 Å². The Morgan fingerprint density at radius 3 is 2.37 bits per heavy atom. The summed E-state index contributed by atoms with van der Waals surface area (Å²) in [5, 5.41) is 11.2. The Hall–Kier alpha value is -3.05. The maximum atomic E-state index is 11.2. The maximum Gasteiger partial charge on any atom is 0.271 e. The Kier molecular flexibility index (Phi) is 5.06. The van der Waals surface area contributed by atoms with Gasteiger partial charge in [0, 0.05) is 28.9 Å². The average Bonchev–Trinajstić information content (AvgIpc) is 3.43. The number of anilines is 1. The third-order valence-electron chi connectivity index (χ3n) is 4.06. The van der Waals surface area contributed by atoms with Crippen LogP contribution in [0.25, 0.3) is 0 Å². The fraction of sp³-hybridized carbons (Fsp3) is 0.263. The SMILES string of the molecule is COc1c(C#Cc2ccc(NS(C)(=O)=O)cc2)cc([N+](=O)[O-])cc1C1CC1. The molecule has 0 spiro atoms. The number of benzene rings is 2. The fourth-order valence-electron chi connectivity index (χ4n) is 2.73. The Labute approximate surface area is 157 Å². The summed E-state index contributed by atoms with van der Waals surface area (Å²) in [6.07, 6.45) is 3.05. The average molecular weight is 386 g/mol. The molecule has 3 rings (SSSR count). The van der Waals surface area contributed by atoms with Gasteiger partial charge in [0.15, 0.2) is 0 Å². The van der Waals surface area contributed by atoms with Crippen molar-refractivity contribution in [2.75, 3.05) is 18.1 Å². The van der Waals surface area contributed by atoms with Gasteiger partial charge in [0.2, 0.25) is 10.0 Å². The Morgan fingerprint density at radius 2 is 1.85 bits per heavy atom. The van der Waals surface area contributed by atoms with Gasteiger partial charge in [-0.1, -0.05) is 11.8 Å². The fourth-order valence-corrected chi connectivity index (χ4v) is 3.30. The van der Waals surface area contributed by atoms with Crippen LogP contribution in [0.5, 0.6) is 5.75 Å². The molecule has 1 saturated carbocycles. The number of sulfonamides is 1. The number of ether oxygens (including phenoxy) is 1. The Morgan fingerprint density at radius 1 is 1.19 bits per heavy atom. The Balaban J connectivity index is 1.95. The van der Waals surface area contributed by atoms with E-state index in [-0.39, 0.29) is 11.6 Å². The number of nitrogens with one attached hydrogen (secondary N) is 1. The smallest absolute Gasteiger partial charge is 0.271 e. The molecule has 0 heterocycles. The normalized spacial score (nSPS) is 13.4. The van der Waals surface area contributed by atoms with Crippen LogP contribution in [0.4, 0.5) is 11.4 Å². The van der Waals surface area contributed by atoms with Gasteiger partial charge < -0.3 is 4.74 Å². The first-order valence-corrected chi connectivity index (χ1v) is 10.1. The molecule has 140 valence electrons. The summed E-state index contributed by atoms with van der Waals surface area (Å²) in [6, 6.07) is 9.53. The number of nitrogens with zero attached hydrogens (tertiary/aromatic N) is 1. The molecule has 27 heavy (non-hydrogen) atoms. The molecule has 1 aliphatic rings. The van der Waals surface area contributed by atoms with Crippen LogP contribution in [0.15, 0.2) is 36.4 Å². The van der Waals surface area contributed by atoms with E-state index in [1.807, 2.05) is 0 Å². The largest absolute Gasteiger partial charge is 0.495 e. The first-order chi connectivity index (χ1) is 12.8. The summed E-state index contributed by atoms with van der Waals surface area (Å²) in [5.74, 6) is 6.75. The molecular formula is C19H18N2O5S. The van der Waals surface area contributed by atoms with Crippen molar-refractivity contribution in [3.63, 3.8) is 0 Å². The lowest BCUT2D eigenvalue weighted by molar-refractivity contribution is -0.385. The molecule has 7 nitrogen and oxygen atoms in total. The van der Waals surface area contributed by atoms with E-state index in [0.717, 1.165) is 24.7 Å². The first-order valence-electron chi connectivity index (χ1n) is 8.23. The number of hydrogen-bond donors (Lipinski definition) is 1. The van der Waals surface area contributed by atoms with Gasteiger partial charge in [0.05, 0.1) is 23.9 Å². The van der Waals surface area contributed by atoms with Crippen molar-refractivity contribution in [3.8, 4) is 17.6 Å². The van der Waals surface area contributed by atoms with Gasteiger partial charge in [-0.05, 0) is 43.0 Å². The molecular weight excluding hydrogens is 368 g/mol. The van der Waals surface area contributed by atoms with Gasteiger partial charge in [-0.25, -0.2) is 8.42 Å². The van der Waals surface area contributed by atoms with Crippen molar-refractivity contribution < 1.29 is 18.1 Å². The second-order valence-electron chi connectivity index (χ2n) is 6.35. The van der Waals surface area contributed by atoms with E-state index in [2.05, 4.69) is 16.6 Å². The molecule has 0 aliphatic heterocycles. The number of rotatable bonds is 5. The van der Waals surface area contributed by atoms with Crippen LogP contribution in [0, 0.1) is 22.0 Å². The minimum atomic E-state index is -3.34. The zero-order valence-corrected chi connectivity index (χ0v) is 15.7. The molecule has 1 N–H and O–H groups in total. The number of hydrogen-bond acceptors (Lipinski definition) is 5. The summed E-state index contributed by atoms with van der Waals surface area (Å²) >= 11 is 0.